The van der Waals surface area contributed by atoms with E-state index in [4.69, 9.17) is 11.6 Å². The Morgan fingerprint density at radius 1 is 1.40 bits per heavy atom. The van der Waals surface area contributed by atoms with Crippen LogP contribution in [0.15, 0.2) is 18.2 Å². The molecule has 1 atom stereocenters. The van der Waals surface area contributed by atoms with Gasteiger partial charge in [0.25, 0.3) is 5.91 Å². The Hall–Kier alpha value is -1.66. The molecule has 0 aliphatic carbocycles. The molecule has 1 aromatic carbocycles. The summed E-state index contributed by atoms with van der Waals surface area (Å²) in [5, 5.41) is 5.95. The Bertz CT molecular complexity index is 567. The molecular weight excluding hydrogens is 285 g/mol. The first-order valence-electron chi connectivity index (χ1n) is 6.31. The van der Waals surface area contributed by atoms with Gasteiger partial charge < -0.3 is 10.6 Å². The quantitative estimate of drug-likeness (QED) is 0.808. The van der Waals surface area contributed by atoms with E-state index in [1.54, 1.807) is 0 Å². The van der Waals surface area contributed by atoms with E-state index in [0.29, 0.717) is 19.5 Å². The van der Waals surface area contributed by atoms with Gasteiger partial charge >= 0.3 is 6.03 Å². The highest BCUT2D eigenvalue weighted by molar-refractivity contribution is 6.31. The minimum atomic E-state index is -0.880. The number of urea groups is 1. The maximum atomic E-state index is 13.8. The van der Waals surface area contributed by atoms with Crippen LogP contribution in [0.5, 0.6) is 0 Å². The van der Waals surface area contributed by atoms with Gasteiger partial charge in [-0.1, -0.05) is 17.7 Å². The molecule has 0 aromatic heterocycles. The van der Waals surface area contributed by atoms with Gasteiger partial charge in [0.05, 0.1) is 6.54 Å². The molecule has 0 saturated carbocycles. The van der Waals surface area contributed by atoms with Gasteiger partial charge in [0.2, 0.25) is 0 Å². The summed E-state index contributed by atoms with van der Waals surface area (Å²) in [6, 6.07) is 3.77. The summed E-state index contributed by atoms with van der Waals surface area (Å²) in [5.41, 5.74) is -0.727. The van der Waals surface area contributed by atoms with Crippen LogP contribution >= 0.6 is 11.6 Å². The van der Waals surface area contributed by atoms with E-state index >= 15 is 0 Å². The van der Waals surface area contributed by atoms with Crippen molar-refractivity contribution in [1.82, 2.24) is 15.5 Å². The summed E-state index contributed by atoms with van der Waals surface area (Å²) in [4.78, 5) is 25.4. The zero-order valence-corrected chi connectivity index (χ0v) is 11.3. The average Bonchev–Trinajstić information content (AvgIpc) is 2.95. The lowest BCUT2D eigenvalue weighted by Crippen LogP contribution is -2.48. The van der Waals surface area contributed by atoms with Crippen LogP contribution < -0.4 is 10.6 Å². The van der Waals surface area contributed by atoms with Crippen LogP contribution in [0.1, 0.15) is 12.0 Å². The van der Waals surface area contributed by atoms with E-state index < -0.39 is 17.4 Å². The van der Waals surface area contributed by atoms with E-state index in [2.05, 4.69) is 10.6 Å². The van der Waals surface area contributed by atoms with Gasteiger partial charge in [-0.25, -0.2) is 9.18 Å². The topological polar surface area (TPSA) is 61.4 Å². The minimum Gasteiger partial charge on any atom is -0.322 e. The maximum absolute atomic E-state index is 13.8. The summed E-state index contributed by atoms with van der Waals surface area (Å²) in [6.45, 7) is 0.914. The Balaban J connectivity index is 1.88. The maximum Gasteiger partial charge on any atom is 0.325 e. The molecule has 3 amide bonds. The third-order valence-electron chi connectivity index (χ3n) is 3.78. The lowest BCUT2D eigenvalue weighted by atomic mass is 9.99. The largest absolute Gasteiger partial charge is 0.325 e. The lowest BCUT2D eigenvalue weighted by Gasteiger charge is -2.19. The number of halogens is 2. The van der Waals surface area contributed by atoms with Crippen LogP contribution in [0, 0.1) is 5.82 Å². The number of carbonyl (C=O) groups is 2. The fraction of sp³-hybridized carbons (Fsp3) is 0.385. The molecule has 3 rings (SSSR count). The molecular formula is C13H13ClFN3O2. The van der Waals surface area contributed by atoms with Gasteiger partial charge in [-0.2, -0.15) is 0 Å². The van der Waals surface area contributed by atoms with Crippen LogP contribution in [0.25, 0.3) is 0 Å². The van der Waals surface area contributed by atoms with E-state index in [1.165, 1.54) is 18.2 Å². The summed E-state index contributed by atoms with van der Waals surface area (Å²) < 4.78 is 13.8. The fourth-order valence-corrected chi connectivity index (χ4v) is 2.87. The molecule has 106 valence electrons. The second-order valence-electron chi connectivity index (χ2n) is 5.03. The number of nitrogens with zero attached hydrogens (tertiary/aromatic N) is 1. The molecule has 2 N–H and O–H groups in total. The molecule has 5 nitrogen and oxygen atoms in total. The van der Waals surface area contributed by atoms with Crippen molar-refractivity contribution in [3.63, 3.8) is 0 Å². The number of nitrogens with one attached hydrogen (secondary N) is 2. The molecule has 2 heterocycles. The van der Waals surface area contributed by atoms with Crippen molar-refractivity contribution in [2.45, 2.75) is 18.5 Å². The Labute approximate surface area is 120 Å². The summed E-state index contributed by atoms with van der Waals surface area (Å²) in [5.74, 6) is -0.851. The number of carbonyl (C=O) groups excluding carboxylic acids is 2. The van der Waals surface area contributed by atoms with Crippen LogP contribution in [-0.4, -0.2) is 35.5 Å². The van der Waals surface area contributed by atoms with Gasteiger partial charge in [0.15, 0.2) is 0 Å². The number of benzene rings is 1. The van der Waals surface area contributed by atoms with Crippen molar-refractivity contribution in [2.75, 3.05) is 13.1 Å². The zero-order valence-electron chi connectivity index (χ0n) is 10.6. The molecule has 2 aliphatic heterocycles. The van der Waals surface area contributed by atoms with E-state index in [0.717, 1.165) is 4.90 Å². The first-order chi connectivity index (χ1) is 9.53. The number of hydrogen-bond donors (Lipinski definition) is 2. The molecule has 0 bridgehead atoms. The van der Waals surface area contributed by atoms with Gasteiger partial charge in [0, 0.05) is 17.1 Å². The van der Waals surface area contributed by atoms with Crippen molar-refractivity contribution in [2.24, 2.45) is 0 Å². The standard InChI is InChI=1S/C13H13ClFN3O2/c14-9-2-1-3-10(15)8(9)6-18-11(19)13(17-12(18)20)4-5-16-7-13/h1-3,16H,4-7H2,(H,17,20). The fourth-order valence-electron chi connectivity index (χ4n) is 2.64. The highest BCUT2D eigenvalue weighted by Gasteiger charge is 2.52. The predicted octanol–water partition coefficient (Wildman–Crippen LogP) is 1.26. The third kappa shape index (κ3) is 1.96. The summed E-state index contributed by atoms with van der Waals surface area (Å²) in [6.07, 6.45) is 0.541. The number of rotatable bonds is 2. The van der Waals surface area contributed by atoms with Gasteiger partial charge in [-0.15, -0.1) is 0 Å². The molecule has 2 saturated heterocycles. The lowest BCUT2D eigenvalue weighted by molar-refractivity contribution is -0.131. The molecule has 1 spiro atoms. The molecule has 1 aromatic rings. The van der Waals surface area contributed by atoms with Crippen molar-refractivity contribution in [3.05, 3.63) is 34.6 Å². The molecule has 2 aliphatic rings. The second kappa shape index (κ2) is 4.71. The van der Waals surface area contributed by atoms with Crippen molar-refractivity contribution >= 4 is 23.5 Å². The second-order valence-corrected chi connectivity index (χ2v) is 5.44. The SMILES string of the molecule is O=C1NC2(CCNC2)C(=O)N1Cc1c(F)cccc1Cl. The van der Waals surface area contributed by atoms with Crippen molar-refractivity contribution < 1.29 is 14.0 Å². The third-order valence-corrected chi connectivity index (χ3v) is 4.13. The van der Waals surface area contributed by atoms with E-state index in [9.17, 15) is 14.0 Å². The Kier molecular flexibility index (Phi) is 3.14. The first kappa shape index (κ1) is 13.3. The van der Waals surface area contributed by atoms with Crippen LogP contribution in [0.2, 0.25) is 5.02 Å². The monoisotopic (exact) mass is 297 g/mol. The number of amides is 3. The summed E-state index contributed by atoms with van der Waals surface area (Å²) in [7, 11) is 0. The molecule has 20 heavy (non-hydrogen) atoms. The van der Waals surface area contributed by atoms with Crippen LogP contribution in [0.3, 0.4) is 0 Å². The van der Waals surface area contributed by atoms with Crippen molar-refractivity contribution in [1.29, 1.82) is 0 Å². The van der Waals surface area contributed by atoms with Crippen molar-refractivity contribution in [3.8, 4) is 0 Å². The molecule has 1 unspecified atom stereocenters. The minimum absolute atomic E-state index is 0.153. The smallest absolute Gasteiger partial charge is 0.322 e. The first-order valence-corrected chi connectivity index (χ1v) is 6.69. The highest BCUT2D eigenvalue weighted by atomic mass is 35.5. The average molecular weight is 298 g/mol. The van der Waals surface area contributed by atoms with Crippen LogP contribution in [0.4, 0.5) is 9.18 Å². The number of hydrogen-bond acceptors (Lipinski definition) is 3. The normalized spacial score (nSPS) is 25.6. The zero-order chi connectivity index (χ0) is 14.3. The van der Waals surface area contributed by atoms with Gasteiger partial charge in [-0.3, -0.25) is 9.69 Å². The van der Waals surface area contributed by atoms with E-state index in [1.807, 2.05) is 0 Å². The molecule has 2 fully saturated rings. The summed E-state index contributed by atoms with van der Waals surface area (Å²) >= 11 is 5.93. The van der Waals surface area contributed by atoms with Gasteiger partial charge in [0.1, 0.15) is 11.4 Å². The Morgan fingerprint density at radius 3 is 2.85 bits per heavy atom. The van der Waals surface area contributed by atoms with E-state index in [-0.39, 0.29) is 23.0 Å². The highest BCUT2D eigenvalue weighted by Crippen LogP contribution is 2.28. The van der Waals surface area contributed by atoms with Crippen LogP contribution in [-0.2, 0) is 11.3 Å². The molecule has 0 radical (unpaired) electrons. The number of imide groups is 1. The van der Waals surface area contributed by atoms with Gasteiger partial charge in [-0.05, 0) is 25.1 Å². The predicted molar refractivity (Wildman–Crippen MR) is 70.7 cm³/mol. The Morgan fingerprint density at radius 2 is 2.20 bits per heavy atom. The molecule has 7 heteroatoms.